The SMILES string of the molecule is O=[N+]([O-])c1ccc(O[PH](=O)[O-])cc1.[Na+]. The maximum atomic E-state index is 10.2. The fourth-order valence-corrected chi connectivity index (χ4v) is 1.06. The summed E-state index contributed by atoms with van der Waals surface area (Å²) < 4.78 is 14.4. The second kappa shape index (κ2) is 6.16. The molecule has 1 rings (SSSR count). The van der Waals surface area contributed by atoms with E-state index in [-0.39, 0.29) is 41.0 Å². The maximum Gasteiger partial charge on any atom is 1.00 e. The molecule has 0 aliphatic heterocycles. The Hall–Kier alpha value is -0.390. The molecule has 6 nitrogen and oxygen atoms in total. The van der Waals surface area contributed by atoms with Crippen LogP contribution in [0.3, 0.4) is 0 Å². The van der Waals surface area contributed by atoms with Crippen molar-refractivity contribution in [2.24, 2.45) is 0 Å². The van der Waals surface area contributed by atoms with Crippen molar-refractivity contribution >= 4 is 13.9 Å². The van der Waals surface area contributed by atoms with Gasteiger partial charge in [0.1, 0.15) is 5.75 Å². The summed E-state index contributed by atoms with van der Waals surface area (Å²) in [7, 11) is -3.29. The van der Waals surface area contributed by atoms with Gasteiger partial charge in [0.25, 0.3) is 5.69 Å². The van der Waals surface area contributed by atoms with Crippen LogP contribution in [0.1, 0.15) is 0 Å². The van der Waals surface area contributed by atoms with Crippen LogP contribution in [0.2, 0.25) is 0 Å². The molecule has 0 saturated heterocycles. The van der Waals surface area contributed by atoms with Crippen molar-refractivity contribution in [3.05, 3.63) is 34.4 Å². The Labute approximate surface area is 102 Å². The van der Waals surface area contributed by atoms with Crippen molar-refractivity contribution in [3.8, 4) is 5.75 Å². The summed E-state index contributed by atoms with van der Waals surface area (Å²) in [5.74, 6) is 0.0736. The first-order chi connectivity index (χ1) is 6.09. The summed E-state index contributed by atoms with van der Waals surface area (Å²) >= 11 is 0. The van der Waals surface area contributed by atoms with Crippen molar-refractivity contribution < 1.29 is 48.5 Å². The van der Waals surface area contributed by atoms with E-state index in [0.29, 0.717) is 0 Å². The molecule has 70 valence electrons. The molecule has 0 fully saturated rings. The number of non-ortho nitro benzene ring substituents is 1. The van der Waals surface area contributed by atoms with Gasteiger partial charge in [-0.15, -0.1) is 0 Å². The van der Waals surface area contributed by atoms with E-state index in [1.807, 2.05) is 0 Å². The Morgan fingerprint density at radius 1 is 1.29 bits per heavy atom. The van der Waals surface area contributed by atoms with Gasteiger partial charge in [-0.05, 0) is 12.1 Å². The normalized spacial score (nSPS) is 11.2. The summed E-state index contributed by atoms with van der Waals surface area (Å²) in [6.07, 6.45) is 0. The monoisotopic (exact) mass is 225 g/mol. The first-order valence-corrected chi connectivity index (χ1v) is 4.45. The zero-order chi connectivity index (χ0) is 9.84. The van der Waals surface area contributed by atoms with Gasteiger partial charge in [0, 0.05) is 12.1 Å². The zero-order valence-corrected chi connectivity index (χ0v) is 10.3. The van der Waals surface area contributed by atoms with Crippen LogP contribution in [-0.4, -0.2) is 4.92 Å². The Kier molecular flexibility index (Phi) is 5.99. The molecule has 0 radical (unpaired) electrons. The van der Waals surface area contributed by atoms with Crippen molar-refractivity contribution in [1.82, 2.24) is 0 Å². The van der Waals surface area contributed by atoms with Crippen LogP contribution in [0.15, 0.2) is 24.3 Å². The topological polar surface area (TPSA) is 92.5 Å². The minimum atomic E-state index is -3.29. The van der Waals surface area contributed by atoms with Crippen molar-refractivity contribution in [2.45, 2.75) is 0 Å². The molecule has 1 unspecified atom stereocenters. The van der Waals surface area contributed by atoms with Gasteiger partial charge in [-0.3, -0.25) is 14.7 Å². The van der Waals surface area contributed by atoms with Crippen LogP contribution in [0.25, 0.3) is 0 Å². The van der Waals surface area contributed by atoms with Gasteiger partial charge >= 0.3 is 29.6 Å². The molecule has 1 aromatic rings. The van der Waals surface area contributed by atoms with Crippen molar-refractivity contribution in [3.63, 3.8) is 0 Å². The van der Waals surface area contributed by atoms with Gasteiger partial charge in [-0.2, -0.15) is 0 Å². The Bertz CT molecular complexity index is 341. The summed E-state index contributed by atoms with van der Waals surface area (Å²) in [5.41, 5.74) is -0.113. The largest absolute Gasteiger partial charge is 1.00 e. The van der Waals surface area contributed by atoms with E-state index < -0.39 is 13.2 Å². The Balaban J connectivity index is 0.00000169. The third-order valence-electron chi connectivity index (χ3n) is 1.25. The van der Waals surface area contributed by atoms with E-state index in [0.717, 1.165) is 0 Å². The smallest absolute Gasteiger partial charge is 0.771 e. The second-order valence-corrected chi connectivity index (χ2v) is 2.81. The predicted molar refractivity (Wildman–Crippen MR) is 42.7 cm³/mol. The minimum Gasteiger partial charge on any atom is -0.771 e. The first kappa shape index (κ1) is 13.6. The van der Waals surface area contributed by atoms with Gasteiger partial charge in [-0.25, -0.2) is 0 Å². The molecule has 0 bridgehead atoms. The summed E-state index contributed by atoms with van der Waals surface area (Å²) in [6.45, 7) is 0. The van der Waals surface area contributed by atoms with E-state index in [1.165, 1.54) is 24.3 Å². The average molecular weight is 225 g/mol. The Morgan fingerprint density at radius 2 is 1.79 bits per heavy atom. The molecule has 0 aliphatic rings. The third kappa shape index (κ3) is 4.21. The van der Waals surface area contributed by atoms with Crippen LogP contribution >= 0.6 is 8.25 Å². The molecular weight excluding hydrogens is 220 g/mol. The predicted octanol–water partition coefficient (Wildman–Crippen LogP) is -2.27. The summed E-state index contributed by atoms with van der Waals surface area (Å²) in [4.78, 5) is 19.7. The molecule has 1 aromatic carbocycles. The van der Waals surface area contributed by atoms with E-state index >= 15 is 0 Å². The number of benzene rings is 1. The van der Waals surface area contributed by atoms with Crippen molar-refractivity contribution in [2.75, 3.05) is 0 Å². The van der Waals surface area contributed by atoms with E-state index in [1.54, 1.807) is 0 Å². The van der Waals surface area contributed by atoms with Gasteiger partial charge in [0.05, 0.1) is 4.92 Å². The number of rotatable bonds is 3. The molecule has 0 spiro atoms. The number of hydrogen-bond donors (Lipinski definition) is 0. The molecule has 0 aromatic heterocycles. The van der Waals surface area contributed by atoms with Crippen molar-refractivity contribution in [1.29, 1.82) is 0 Å². The number of hydrogen-bond acceptors (Lipinski definition) is 5. The van der Waals surface area contributed by atoms with Gasteiger partial charge in [0.2, 0.25) is 0 Å². The van der Waals surface area contributed by atoms with E-state index in [2.05, 4.69) is 4.52 Å². The van der Waals surface area contributed by atoms with Crippen LogP contribution < -0.4 is 39.0 Å². The molecule has 14 heavy (non-hydrogen) atoms. The van der Waals surface area contributed by atoms with Crippen LogP contribution in [0.4, 0.5) is 5.69 Å². The molecular formula is C6H5NNaO5P. The fourth-order valence-electron chi connectivity index (χ4n) is 0.732. The average Bonchev–Trinajstić information content (AvgIpc) is 2.04. The molecule has 0 heterocycles. The van der Waals surface area contributed by atoms with Gasteiger partial charge < -0.3 is 9.42 Å². The molecule has 1 atom stereocenters. The number of nitrogens with zero attached hydrogens (tertiary/aromatic N) is 1. The van der Waals surface area contributed by atoms with Crippen LogP contribution in [-0.2, 0) is 4.57 Å². The molecule has 0 saturated carbocycles. The molecule has 0 amide bonds. The summed E-state index contributed by atoms with van der Waals surface area (Å²) in [6, 6.07) is 4.78. The minimum absolute atomic E-state index is 0. The Morgan fingerprint density at radius 3 is 2.14 bits per heavy atom. The van der Waals surface area contributed by atoms with E-state index in [4.69, 9.17) is 0 Å². The molecule has 0 N–H and O–H groups in total. The third-order valence-corrected chi connectivity index (χ3v) is 1.65. The second-order valence-electron chi connectivity index (χ2n) is 2.10. The van der Waals surface area contributed by atoms with Gasteiger partial charge in [0.15, 0.2) is 8.25 Å². The maximum absolute atomic E-state index is 10.2. The molecule has 0 aliphatic carbocycles. The number of nitro groups is 1. The zero-order valence-electron chi connectivity index (χ0n) is 7.30. The van der Waals surface area contributed by atoms with Crippen LogP contribution in [0.5, 0.6) is 5.75 Å². The van der Waals surface area contributed by atoms with E-state index in [9.17, 15) is 19.6 Å². The number of nitro benzene ring substituents is 1. The fraction of sp³-hybridized carbons (Fsp3) is 0. The summed E-state index contributed by atoms with van der Waals surface area (Å²) in [5, 5.41) is 10.2. The van der Waals surface area contributed by atoms with Gasteiger partial charge in [-0.1, -0.05) is 0 Å². The van der Waals surface area contributed by atoms with Crippen LogP contribution in [0, 0.1) is 10.1 Å². The molecule has 8 heteroatoms. The quantitative estimate of drug-likeness (QED) is 0.250. The standard InChI is InChI=1S/C6H6NO5P.Na/c8-7(9)5-1-3-6(4-2-5)12-13(10)11;/h1-4,13H,(H,10,11);/q;+1/p-1. The first-order valence-electron chi connectivity index (χ1n) is 3.23.